The summed E-state index contributed by atoms with van der Waals surface area (Å²) in [6.07, 6.45) is 0.180. The molecular weight excluding hydrogens is 300 g/mol. The highest BCUT2D eigenvalue weighted by atomic mass is 35.5. The maximum Gasteiger partial charge on any atom is 0.312 e. The second-order valence-electron chi connectivity index (χ2n) is 4.27. The number of likely N-dealkylation sites (N-methyl/N-ethyl adjacent to an activating group) is 1. The van der Waals surface area contributed by atoms with Crippen molar-refractivity contribution in [3.05, 3.63) is 22.4 Å². The van der Waals surface area contributed by atoms with Crippen LogP contribution in [-0.4, -0.2) is 31.6 Å². The van der Waals surface area contributed by atoms with Crippen LogP contribution in [0.1, 0.15) is 24.3 Å². The van der Waals surface area contributed by atoms with Gasteiger partial charge < -0.3 is 21.7 Å². The molecule has 0 saturated carbocycles. The zero-order valence-electron chi connectivity index (χ0n) is 11.5. The number of urea groups is 1. The maximum atomic E-state index is 11.8. The molecule has 8 heteroatoms. The number of primary amides is 1. The van der Waals surface area contributed by atoms with Crippen LogP contribution in [0.3, 0.4) is 0 Å². The number of halogens is 1. The van der Waals surface area contributed by atoms with E-state index in [-0.39, 0.29) is 36.8 Å². The SMILES string of the molecule is CNC(C)CNC(=O)CC(NC(N)=O)c1cccs1.Cl. The van der Waals surface area contributed by atoms with Crippen LogP contribution in [0.25, 0.3) is 0 Å². The number of amides is 3. The van der Waals surface area contributed by atoms with Crippen molar-refractivity contribution in [3.8, 4) is 0 Å². The van der Waals surface area contributed by atoms with E-state index < -0.39 is 6.03 Å². The van der Waals surface area contributed by atoms with Gasteiger partial charge in [0.2, 0.25) is 5.91 Å². The lowest BCUT2D eigenvalue weighted by atomic mass is 10.1. The molecule has 3 amide bonds. The van der Waals surface area contributed by atoms with Crippen LogP contribution in [0, 0.1) is 0 Å². The van der Waals surface area contributed by atoms with Crippen LogP contribution < -0.4 is 21.7 Å². The minimum Gasteiger partial charge on any atom is -0.354 e. The highest BCUT2D eigenvalue weighted by molar-refractivity contribution is 7.10. The molecule has 0 spiro atoms. The first-order valence-electron chi connectivity index (χ1n) is 6.06. The molecule has 0 radical (unpaired) electrons. The second kappa shape index (κ2) is 9.57. The fraction of sp³-hybridized carbons (Fsp3) is 0.500. The Hall–Kier alpha value is -1.31. The number of rotatable bonds is 7. The summed E-state index contributed by atoms with van der Waals surface area (Å²) in [7, 11) is 1.83. The number of hydrogen-bond acceptors (Lipinski definition) is 4. The molecule has 114 valence electrons. The Kier molecular flexibility index (Phi) is 8.94. The Morgan fingerprint density at radius 3 is 2.65 bits per heavy atom. The van der Waals surface area contributed by atoms with Gasteiger partial charge in [0.15, 0.2) is 0 Å². The average molecular weight is 321 g/mol. The minimum absolute atomic E-state index is 0. The first-order valence-corrected chi connectivity index (χ1v) is 6.94. The van der Waals surface area contributed by atoms with Gasteiger partial charge in [0, 0.05) is 17.5 Å². The Labute approximate surface area is 128 Å². The Morgan fingerprint density at radius 2 is 2.15 bits per heavy atom. The molecular formula is C12H21ClN4O2S. The quantitative estimate of drug-likeness (QED) is 0.603. The van der Waals surface area contributed by atoms with E-state index in [2.05, 4.69) is 16.0 Å². The van der Waals surface area contributed by atoms with Crippen molar-refractivity contribution in [1.29, 1.82) is 0 Å². The summed E-state index contributed by atoms with van der Waals surface area (Å²) in [5.41, 5.74) is 5.13. The fourth-order valence-corrected chi connectivity index (χ4v) is 2.29. The van der Waals surface area contributed by atoms with Gasteiger partial charge in [0.1, 0.15) is 0 Å². The molecule has 1 heterocycles. The summed E-state index contributed by atoms with van der Waals surface area (Å²) in [5.74, 6) is -0.116. The summed E-state index contributed by atoms with van der Waals surface area (Å²) in [6, 6.07) is 2.94. The van der Waals surface area contributed by atoms with E-state index in [0.717, 1.165) is 4.88 Å². The molecule has 0 aliphatic heterocycles. The molecule has 1 aromatic rings. The van der Waals surface area contributed by atoms with Crippen molar-refractivity contribution < 1.29 is 9.59 Å². The maximum absolute atomic E-state index is 11.8. The van der Waals surface area contributed by atoms with Crippen molar-refractivity contribution in [2.24, 2.45) is 5.73 Å². The lowest BCUT2D eigenvalue weighted by Crippen LogP contribution is -2.40. The molecule has 2 atom stereocenters. The van der Waals surface area contributed by atoms with Crippen molar-refractivity contribution >= 4 is 35.7 Å². The van der Waals surface area contributed by atoms with Crippen molar-refractivity contribution in [2.75, 3.05) is 13.6 Å². The highest BCUT2D eigenvalue weighted by Crippen LogP contribution is 2.21. The molecule has 0 saturated heterocycles. The fourth-order valence-electron chi connectivity index (χ4n) is 1.51. The van der Waals surface area contributed by atoms with Crippen molar-refractivity contribution in [3.63, 3.8) is 0 Å². The summed E-state index contributed by atoms with van der Waals surface area (Å²) >= 11 is 1.48. The molecule has 0 aliphatic rings. The molecule has 5 N–H and O–H groups in total. The minimum atomic E-state index is -0.630. The van der Waals surface area contributed by atoms with Crippen LogP contribution >= 0.6 is 23.7 Å². The van der Waals surface area contributed by atoms with Gasteiger partial charge >= 0.3 is 6.03 Å². The van der Waals surface area contributed by atoms with Gasteiger partial charge in [-0.3, -0.25) is 4.79 Å². The molecule has 0 bridgehead atoms. The Morgan fingerprint density at radius 1 is 1.45 bits per heavy atom. The second-order valence-corrected chi connectivity index (χ2v) is 5.25. The number of carbonyl (C=O) groups is 2. The number of hydrogen-bond donors (Lipinski definition) is 4. The molecule has 1 aromatic heterocycles. The number of thiophene rings is 1. The van der Waals surface area contributed by atoms with E-state index in [9.17, 15) is 9.59 Å². The monoisotopic (exact) mass is 320 g/mol. The topological polar surface area (TPSA) is 96.2 Å². The van der Waals surface area contributed by atoms with Gasteiger partial charge in [0.05, 0.1) is 12.5 Å². The molecule has 6 nitrogen and oxygen atoms in total. The van der Waals surface area contributed by atoms with Crippen molar-refractivity contribution in [2.45, 2.75) is 25.4 Å². The third-order valence-electron chi connectivity index (χ3n) is 2.69. The Balaban J connectivity index is 0.00000361. The summed E-state index contributed by atoms with van der Waals surface area (Å²) in [6.45, 7) is 2.52. The molecule has 0 fully saturated rings. The third kappa shape index (κ3) is 6.74. The van der Waals surface area contributed by atoms with Gasteiger partial charge in [-0.1, -0.05) is 6.07 Å². The van der Waals surface area contributed by atoms with Gasteiger partial charge in [-0.25, -0.2) is 4.79 Å². The van der Waals surface area contributed by atoms with Crippen LogP contribution in [0.2, 0.25) is 0 Å². The van der Waals surface area contributed by atoms with Gasteiger partial charge in [-0.2, -0.15) is 0 Å². The highest BCUT2D eigenvalue weighted by Gasteiger charge is 2.18. The van der Waals surface area contributed by atoms with E-state index in [4.69, 9.17) is 5.73 Å². The summed E-state index contributed by atoms with van der Waals surface area (Å²) in [4.78, 5) is 23.7. The smallest absolute Gasteiger partial charge is 0.312 e. The predicted octanol–water partition coefficient (Wildman–Crippen LogP) is 0.993. The zero-order valence-corrected chi connectivity index (χ0v) is 13.1. The molecule has 0 aliphatic carbocycles. The molecule has 2 unspecified atom stereocenters. The van der Waals surface area contributed by atoms with Crippen LogP contribution in [0.15, 0.2) is 17.5 Å². The number of carbonyl (C=O) groups excluding carboxylic acids is 2. The average Bonchev–Trinajstić information content (AvgIpc) is 2.88. The standard InChI is InChI=1S/C12H20N4O2S.ClH/c1-8(14-2)7-15-11(17)6-9(16-12(13)18)10-4-3-5-19-10;/h3-5,8-9,14H,6-7H2,1-2H3,(H,15,17)(H3,13,16,18);1H. The van der Waals surface area contributed by atoms with Gasteiger partial charge in [0.25, 0.3) is 0 Å². The van der Waals surface area contributed by atoms with E-state index in [1.807, 2.05) is 31.5 Å². The molecule has 20 heavy (non-hydrogen) atoms. The van der Waals surface area contributed by atoms with E-state index >= 15 is 0 Å². The summed E-state index contributed by atoms with van der Waals surface area (Å²) < 4.78 is 0. The first kappa shape index (κ1) is 18.7. The molecule has 0 aromatic carbocycles. The largest absolute Gasteiger partial charge is 0.354 e. The van der Waals surface area contributed by atoms with E-state index in [1.54, 1.807) is 0 Å². The first-order chi connectivity index (χ1) is 9.02. The predicted molar refractivity (Wildman–Crippen MR) is 83.2 cm³/mol. The molecule has 1 rings (SSSR count). The van der Waals surface area contributed by atoms with Crippen LogP contribution in [0.4, 0.5) is 4.79 Å². The van der Waals surface area contributed by atoms with Gasteiger partial charge in [-0.05, 0) is 25.4 Å². The normalized spacial score (nSPS) is 12.9. The van der Waals surface area contributed by atoms with Crippen LogP contribution in [-0.2, 0) is 4.79 Å². The summed E-state index contributed by atoms with van der Waals surface area (Å²) in [5, 5.41) is 10.3. The lowest BCUT2D eigenvalue weighted by Gasteiger charge is -2.17. The number of nitrogens with one attached hydrogen (secondary N) is 3. The third-order valence-corrected chi connectivity index (χ3v) is 3.68. The van der Waals surface area contributed by atoms with Crippen molar-refractivity contribution in [1.82, 2.24) is 16.0 Å². The van der Waals surface area contributed by atoms with Gasteiger partial charge in [-0.15, -0.1) is 23.7 Å². The van der Waals surface area contributed by atoms with Crippen LogP contribution in [0.5, 0.6) is 0 Å². The number of nitrogens with two attached hydrogens (primary N) is 1. The van der Waals surface area contributed by atoms with E-state index in [0.29, 0.717) is 6.54 Å². The van der Waals surface area contributed by atoms with E-state index in [1.165, 1.54) is 11.3 Å². The Bertz CT molecular complexity index is 414. The lowest BCUT2D eigenvalue weighted by molar-refractivity contribution is -0.121. The zero-order chi connectivity index (χ0) is 14.3.